The van der Waals surface area contributed by atoms with E-state index in [1.807, 2.05) is 30.3 Å². The number of rotatable bonds is 1. The molecule has 0 radical (unpaired) electrons. The van der Waals surface area contributed by atoms with Crippen molar-refractivity contribution in [2.45, 2.75) is 19.8 Å². The zero-order chi connectivity index (χ0) is 11.1. The molecule has 2 rings (SSSR count). The molecule has 1 fully saturated rings. The summed E-state index contributed by atoms with van der Waals surface area (Å²) < 4.78 is 0. The third-order valence-corrected chi connectivity index (χ3v) is 3.02. The molecule has 0 aromatic heterocycles. The molecule has 3 nitrogen and oxygen atoms in total. The maximum Gasteiger partial charge on any atom is 0.129 e. The van der Waals surface area contributed by atoms with E-state index in [1.165, 1.54) is 0 Å². The van der Waals surface area contributed by atoms with Gasteiger partial charge in [0.25, 0.3) is 0 Å². The van der Waals surface area contributed by atoms with E-state index in [4.69, 9.17) is 5.41 Å². The van der Waals surface area contributed by atoms with Gasteiger partial charge in [-0.05, 0) is 11.0 Å². The Morgan fingerprint density at radius 3 is 2.40 bits per heavy atom. The molecule has 1 aromatic rings. The summed E-state index contributed by atoms with van der Waals surface area (Å²) in [5.74, 6) is 0.287. The lowest BCUT2D eigenvalue weighted by molar-refractivity contribution is -0.0196. The average molecular weight is 204 g/mol. The Morgan fingerprint density at radius 2 is 1.93 bits per heavy atom. The fourth-order valence-electron chi connectivity index (χ4n) is 2.34. The summed E-state index contributed by atoms with van der Waals surface area (Å²) in [5.41, 5.74) is 1.01. The minimum absolute atomic E-state index is 0.0105. The van der Waals surface area contributed by atoms with Crippen LogP contribution in [0.25, 0.3) is 0 Å². The molecule has 1 aromatic carbocycles. The van der Waals surface area contributed by atoms with Crippen molar-refractivity contribution in [1.29, 1.82) is 5.41 Å². The van der Waals surface area contributed by atoms with Crippen LogP contribution in [0.3, 0.4) is 0 Å². The fraction of sp³-hybridized carbons (Fsp3) is 0.417. The number of nitrogens with one attached hydrogen (secondary N) is 1. The first-order valence-electron chi connectivity index (χ1n) is 5.12. The Kier molecular flexibility index (Phi) is 2.27. The van der Waals surface area contributed by atoms with Gasteiger partial charge in [-0.1, -0.05) is 44.2 Å². The van der Waals surface area contributed by atoms with E-state index in [9.17, 15) is 5.21 Å². The van der Waals surface area contributed by atoms with Crippen molar-refractivity contribution in [3.63, 3.8) is 0 Å². The first-order chi connectivity index (χ1) is 7.02. The minimum atomic E-state index is -0.0901. The average Bonchev–Trinajstić information content (AvgIpc) is 2.37. The summed E-state index contributed by atoms with van der Waals surface area (Å²) in [6.45, 7) is 4.68. The second-order valence-corrected chi connectivity index (χ2v) is 4.78. The lowest BCUT2D eigenvalue weighted by Crippen LogP contribution is -2.21. The lowest BCUT2D eigenvalue weighted by atomic mass is 9.77. The van der Waals surface area contributed by atoms with Gasteiger partial charge in [0.15, 0.2) is 0 Å². The molecule has 3 heteroatoms. The molecule has 0 spiro atoms. The Hall–Kier alpha value is -1.35. The fourth-order valence-corrected chi connectivity index (χ4v) is 2.34. The molecular weight excluding hydrogens is 188 g/mol. The van der Waals surface area contributed by atoms with Gasteiger partial charge in [0.1, 0.15) is 5.84 Å². The van der Waals surface area contributed by atoms with Crippen LogP contribution in [0.4, 0.5) is 0 Å². The van der Waals surface area contributed by atoms with Crippen molar-refractivity contribution >= 4 is 5.84 Å². The molecule has 80 valence electrons. The van der Waals surface area contributed by atoms with Crippen LogP contribution >= 0.6 is 0 Å². The van der Waals surface area contributed by atoms with Crippen molar-refractivity contribution in [3.8, 4) is 0 Å². The van der Waals surface area contributed by atoms with E-state index in [0.717, 1.165) is 10.6 Å². The first-order valence-corrected chi connectivity index (χ1v) is 5.12. The molecule has 0 aliphatic carbocycles. The normalized spacial score (nSPS) is 24.6. The van der Waals surface area contributed by atoms with Crippen LogP contribution in [0.2, 0.25) is 0 Å². The van der Waals surface area contributed by atoms with Gasteiger partial charge >= 0.3 is 0 Å². The molecule has 1 aliphatic rings. The van der Waals surface area contributed by atoms with E-state index in [0.29, 0.717) is 12.4 Å². The number of hydrogen-bond donors (Lipinski definition) is 2. The van der Waals surface area contributed by atoms with Gasteiger partial charge in [0, 0.05) is 0 Å². The molecule has 0 amide bonds. The highest BCUT2D eigenvalue weighted by atomic mass is 16.5. The van der Waals surface area contributed by atoms with Crippen LogP contribution in [0.5, 0.6) is 0 Å². The monoisotopic (exact) mass is 204 g/mol. The van der Waals surface area contributed by atoms with Crippen molar-refractivity contribution < 1.29 is 5.21 Å². The van der Waals surface area contributed by atoms with E-state index >= 15 is 0 Å². The zero-order valence-corrected chi connectivity index (χ0v) is 9.07. The standard InChI is InChI=1S/C12H16N2O/c1-12(2)8-14(15)11(13)10(12)9-6-4-3-5-7-9/h3-7,10,13,15H,8H2,1-2H3. The number of benzene rings is 1. The molecule has 1 saturated heterocycles. The van der Waals surface area contributed by atoms with Gasteiger partial charge in [-0.3, -0.25) is 10.6 Å². The van der Waals surface area contributed by atoms with Gasteiger partial charge in [0.2, 0.25) is 0 Å². The minimum Gasteiger partial charge on any atom is -0.287 e. The number of hydrogen-bond acceptors (Lipinski definition) is 2. The van der Waals surface area contributed by atoms with Gasteiger partial charge in [0.05, 0.1) is 12.5 Å². The molecule has 15 heavy (non-hydrogen) atoms. The number of amidine groups is 1. The van der Waals surface area contributed by atoms with Crippen LogP contribution in [0, 0.1) is 10.8 Å². The summed E-state index contributed by atoms with van der Waals surface area (Å²) in [6, 6.07) is 9.93. The maximum atomic E-state index is 9.57. The topological polar surface area (TPSA) is 47.3 Å². The summed E-state index contributed by atoms with van der Waals surface area (Å²) >= 11 is 0. The summed E-state index contributed by atoms with van der Waals surface area (Å²) in [6.07, 6.45) is 0. The molecule has 1 aliphatic heterocycles. The lowest BCUT2D eigenvalue weighted by Gasteiger charge is -2.24. The van der Waals surface area contributed by atoms with Crippen molar-refractivity contribution in [2.24, 2.45) is 5.41 Å². The van der Waals surface area contributed by atoms with Gasteiger partial charge in [-0.15, -0.1) is 0 Å². The highest BCUT2D eigenvalue weighted by molar-refractivity contribution is 5.88. The van der Waals surface area contributed by atoms with E-state index in [1.54, 1.807) is 0 Å². The maximum absolute atomic E-state index is 9.57. The Labute approximate surface area is 89.8 Å². The summed E-state index contributed by atoms with van der Waals surface area (Å²) in [7, 11) is 0. The van der Waals surface area contributed by atoms with E-state index in [-0.39, 0.29) is 11.3 Å². The smallest absolute Gasteiger partial charge is 0.129 e. The third kappa shape index (κ3) is 1.63. The highest BCUT2D eigenvalue weighted by Gasteiger charge is 2.44. The molecule has 1 heterocycles. The Bertz CT molecular complexity index is 372. The predicted molar refractivity (Wildman–Crippen MR) is 59.2 cm³/mol. The number of hydroxylamine groups is 2. The SMILES string of the molecule is CC1(C)CN(O)C(=N)C1c1ccccc1. The Balaban J connectivity index is 2.40. The van der Waals surface area contributed by atoms with Gasteiger partial charge in [-0.2, -0.15) is 0 Å². The van der Waals surface area contributed by atoms with Crippen LogP contribution < -0.4 is 0 Å². The van der Waals surface area contributed by atoms with Crippen LogP contribution in [-0.2, 0) is 0 Å². The second kappa shape index (κ2) is 3.35. The number of nitrogens with zero attached hydrogens (tertiary/aromatic N) is 1. The molecule has 1 unspecified atom stereocenters. The summed E-state index contributed by atoms with van der Waals surface area (Å²) in [4.78, 5) is 0. The molecule has 0 saturated carbocycles. The van der Waals surface area contributed by atoms with Gasteiger partial charge < -0.3 is 0 Å². The third-order valence-electron chi connectivity index (χ3n) is 3.02. The van der Waals surface area contributed by atoms with Crippen LogP contribution in [-0.4, -0.2) is 22.7 Å². The second-order valence-electron chi connectivity index (χ2n) is 4.78. The predicted octanol–water partition coefficient (Wildman–Crippen LogP) is 2.48. The molecule has 2 N–H and O–H groups in total. The van der Waals surface area contributed by atoms with E-state index in [2.05, 4.69) is 13.8 Å². The van der Waals surface area contributed by atoms with Crippen LogP contribution in [0.1, 0.15) is 25.3 Å². The largest absolute Gasteiger partial charge is 0.287 e. The van der Waals surface area contributed by atoms with Gasteiger partial charge in [-0.25, -0.2) is 5.06 Å². The highest BCUT2D eigenvalue weighted by Crippen LogP contribution is 2.42. The van der Waals surface area contributed by atoms with E-state index < -0.39 is 0 Å². The first kappa shape index (κ1) is 10.2. The van der Waals surface area contributed by atoms with Crippen molar-refractivity contribution in [3.05, 3.63) is 35.9 Å². The van der Waals surface area contributed by atoms with Crippen molar-refractivity contribution in [2.75, 3.05) is 6.54 Å². The molecular formula is C12H16N2O. The van der Waals surface area contributed by atoms with Crippen molar-refractivity contribution in [1.82, 2.24) is 5.06 Å². The zero-order valence-electron chi connectivity index (χ0n) is 9.07. The summed E-state index contributed by atoms with van der Waals surface area (Å²) in [5, 5.41) is 18.5. The van der Waals surface area contributed by atoms with Crippen LogP contribution in [0.15, 0.2) is 30.3 Å². The molecule has 0 bridgehead atoms. The quantitative estimate of drug-likeness (QED) is 0.738. The molecule has 1 atom stereocenters. The Morgan fingerprint density at radius 1 is 1.33 bits per heavy atom.